The Kier molecular flexibility index (Phi) is 5.69. The van der Waals surface area contributed by atoms with Crippen LogP contribution < -0.4 is 15.4 Å². The lowest BCUT2D eigenvalue weighted by molar-refractivity contribution is -0.114. The number of hydrogen-bond acceptors (Lipinski definition) is 6. The molecule has 0 aliphatic rings. The van der Waals surface area contributed by atoms with E-state index in [1.165, 1.54) is 6.92 Å². The molecule has 2 aromatic carbocycles. The average Bonchev–Trinajstić information content (AvgIpc) is 3.08. The Bertz CT molecular complexity index is 996. The maximum atomic E-state index is 12.5. The van der Waals surface area contributed by atoms with Crippen molar-refractivity contribution in [3.05, 3.63) is 65.3 Å². The highest BCUT2D eigenvalue weighted by Gasteiger charge is 2.09. The van der Waals surface area contributed by atoms with Gasteiger partial charge in [-0.2, -0.15) is 4.98 Å². The Morgan fingerprint density at radius 3 is 2.46 bits per heavy atom. The van der Waals surface area contributed by atoms with Gasteiger partial charge >= 0.3 is 0 Å². The second kappa shape index (κ2) is 8.34. The summed E-state index contributed by atoms with van der Waals surface area (Å²) in [6.07, 6.45) is 0. The molecule has 0 atom stereocenters. The maximum Gasteiger partial charge on any atom is 0.255 e. The first-order valence-electron chi connectivity index (χ1n) is 8.62. The van der Waals surface area contributed by atoms with Gasteiger partial charge in [-0.1, -0.05) is 11.2 Å². The highest BCUT2D eigenvalue weighted by atomic mass is 16.5. The zero-order valence-electron chi connectivity index (χ0n) is 15.8. The first kappa shape index (κ1) is 19.1. The smallest absolute Gasteiger partial charge is 0.255 e. The molecule has 0 saturated carbocycles. The number of hydrogen-bond donors (Lipinski definition) is 2. The Hall–Kier alpha value is -3.68. The summed E-state index contributed by atoms with van der Waals surface area (Å²) in [5.41, 5.74) is 2.63. The summed E-state index contributed by atoms with van der Waals surface area (Å²) in [4.78, 5) is 27.8. The fourth-order valence-electron chi connectivity index (χ4n) is 2.48. The van der Waals surface area contributed by atoms with Gasteiger partial charge in [-0.15, -0.1) is 0 Å². The van der Waals surface area contributed by atoms with Crippen molar-refractivity contribution in [1.29, 1.82) is 0 Å². The Labute approximate surface area is 161 Å². The number of nitrogens with one attached hydrogen (secondary N) is 2. The maximum absolute atomic E-state index is 12.5. The van der Waals surface area contributed by atoms with Crippen molar-refractivity contribution in [2.24, 2.45) is 0 Å². The molecule has 2 N–H and O–H groups in total. The van der Waals surface area contributed by atoms with E-state index in [9.17, 15) is 9.59 Å². The van der Waals surface area contributed by atoms with Crippen LogP contribution in [0.25, 0.3) is 0 Å². The first-order chi connectivity index (χ1) is 13.4. The molecule has 0 unspecified atom stereocenters. The number of aromatic nitrogens is 2. The number of aryl methyl sites for hydroxylation is 2. The van der Waals surface area contributed by atoms with E-state index >= 15 is 0 Å². The van der Waals surface area contributed by atoms with Gasteiger partial charge in [-0.25, -0.2) is 0 Å². The molecule has 3 rings (SSSR count). The minimum absolute atomic E-state index is 0.168. The molecule has 0 spiro atoms. The van der Waals surface area contributed by atoms with E-state index in [0.717, 1.165) is 5.56 Å². The fraction of sp³-hybridized carbons (Fsp3) is 0.200. The van der Waals surface area contributed by atoms with Crippen LogP contribution in [0.2, 0.25) is 0 Å². The standard InChI is InChI=1S/C20H20N4O4/c1-12-4-7-16(10-18(12)21-13(2)25)23-20(26)15-5-8-17(9-6-15)27-11-19-22-14(3)28-24-19/h4-10H,11H2,1-3H3,(H,21,25)(H,23,26). The second-order valence-corrected chi connectivity index (χ2v) is 6.21. The highest BCUT2D eigenvalue weighted by Crippen LogP contribution is 2.21. The molecule has 0 radical (unpaired) electrons. The molecule has 0 aliphatic heterocycles. The van der Waals surface area contributed by atoms with E-state index < -0.39 is 0 Å². The van der Waals surface area contributed by atoms with Gasteiger partial charge in [0.2, 0.25) is 17.6 Å². The minimum Gasteiger partial charge on any atom is -0.485 e. The lowest BCUT2D eigenvalue weighted by atomic mass is 10.1. The number of rotatable bonds is 6. The Balaban J connectivity index is 1.62. The van der Waals surface area contributed by atoms with Gasteiger partial charge in [-0.05, 0) is 48.9 Å². The largest absolute Gasteiger partial charge is 0.485 e. The summed E-state index contributed by atoms with van der Waals surface area (Å²) in [5, 5.41) is 9.31. The molecule has 0 bridgehead atoms. The van der Waals surface area contributed by atoms with Crippen molar-refractivity contribution < 1.29 is 18.8 Å². The molecule has 28 heavy (non-hydrogen) atoms. The summed E-state index contributed by atoms with van der Waals surface area (Å²) in [5.74, 6) is 1.08. The van der Waals surface area contributed by atoms with E-state index in [1.807, 2.05) is 13.0 Å². The second-order valence-electron chi connectivity index (χ2n) is 6.21. The van der Waals surface area contributed by atoms with Gasteiger partial charge in [0.15, 0.2) is 6.61 Å². The van der Waals surface area contributed by atoms with Crippen molar-refractivity contribution in [2.45, 2.75) is 27.4 Å². The number of amides is 2. The number of carbonyl (C=O) groups is 2. The lowest BCUT2D eigenvalue weighted by Crippen LogP contribution is -2.13. The highest BCUT2D eigenvalue weighted by molar-refractivity contribution is 6.04. The summed E-state index contributed by atoms with van der Waals surface area (Å²) in [6.45, 7) is 5.20. The van der Waals surface area contributed by atoms with Crippen LogP contribution in [0.5, 0.6) is 5.75 Å². The van der Waals surface area contributed by atoms with Gasteiger partial charge in [0.25, 0.3) is 5.91 Å². The van der Waals surface area contributed by atoms with E-state index in [0.29, 0.717) is 34.4 Å². The van der Waals surface area contributed by atoms with Crippen LogP contribution in [0.4, 0.5) is 11.4 Å². The first-order valence-corrected chi connectivity index (χ1v) is 8.62. The van der Waals surface area contributed by atoms with Crippen molar-refractivity contribution >= 4 is 23.2 Å². The number of nitrogens with zero attached hydrogens (tertiary/aromatic N) is 2. The van der Waals surface area contributed by atoms with E-state index in [-0.39, 0.29) is 18.4 Å². The molecule has 0 aliphatic carbocycles. The van der Waals surface area contributed by atoms with Gasteiger partial charge in [-0.3, -0.25) is 9.59 Å². The van der Waals surface area contributed by atoms with Crippen molar-refractivity contribution in [3.63, 3.8) is 0 Å². The topological polar surface area (TPSA) is 106 Å². The molecule has 0 saturated heterocycles. The lowest BCUT2D eigenvalue weighted by Gasteiger charge is -2.11. The molecule has 2 amide bonds. The van der Waals surface area contributed by atoms with Crippen LogP contribution in [0, 0.1) is 13.8 Å². The summed E-state index contributed by atoms with van der Waals surface area (Å²) in [7, 11) is 0. The van der Waals surface area contributed by atoms with E-state index in [1.54, 1.807) is 43.3 Å². The van der Waals surface area contributed by atoms with Crippen molar-refractivity contribution in [3.8, 4) is 5.75 Å². The molecule has 0 fully saturated rings. The van der Waals surface area contributed by atoms with Crippen LogP contribution in [0.3, 0.4) is 0 Å². The summed E-state index contributed by atoms with van der Waals surface area (Å²) >= 11 is 0. The number of carbonyl (C=O) groups excluding carboxylic acids is 2. The number of anilines is 2. The van der Waals surface area contributed by atoms with Crippen LogP contribution in [-0.2, 0) is 11.4 Å². The predicted molar refractivity (Wildman–Crippen MR) is 103 cm³/mol. The molecule has 8 heteroatoms. The third-order valence-electron chi connectivity index (χ3n) is 3.86. The number of ether oxygens (including phenoxy) is 1. The monoisotopic (exact) mass is 380 g/mol. The Morgan fingerprint density at radius 1 is 1.07 bits per heavy atom. The molecular weight excluding hydrogens is 360 g/mol. The number of benzene rings is 2. The SMILES string of the molecule is CC(=O)Nc1cc(NC(=O)c2ccc(OCc3noc(C)n3)cc2)ccc1C. The molecular formula is C20H20N4O4. The van der Waals surface area contributed by atoms with E-state index in [2.05, 4.69) is 20.8 Å². The molecule has 3 aromatic rings. The van der Waals surface area contributed by atoms with Crippen molar-refractivity contribution in [2.75, 3.05) is 10.6 Å². The molecule has 1 aromatic heterocycles. The Morgan fingerprint density at radius 2 is 1.82 bits per heavy atom. The third kappa shape index (κ3) is 4.94. The van der Waals surface area contributed by atoms with Gasteiger partial charge in [0.05, 0.1) is 0 Å². The van der Waals surface area contributed by atoms with Crippen LogP contribution in [0.1, 0.15) is 34.6 Å². The quantitative estimate of drug-likeness (QED) is 0.678. The van der Waals surface area contributed by atoms with Crippen LogP contribution in [-0.4, -0.2) is 22.0 Å². The van der Waals surface area contributed by atoms with E-state index in [4.69, 9.17) is 9.26 Å². The zero-order chi connectivity index (χ0) is 20.1. The summed E-state index contributed by atoms with van der Waals surface area (Å²) in [6, 6.07) is 12.0. The predicted octanol–water partition coefficient (Wildman–Crippen LogP) is 3.48. The summed E-state index contributed by atoms with van der Waals surface area (Å²) < 4.78 is 10.4. The molecule has 1 heterocycles. The molecule has 8 nitrogen and oxygen atoms in total. The zero-order valence-corrected chi connectivity index (χ0v) is 15.8. The minimum atomic E-state index is -0.266. The fourth-order valence-corrected chi connectivity index (χ4v) is 2.48. The van der Waals surface area contributed by atoms with Crippen LogP contribution >= 0.6 is 0 Å². The normalized spacial score (nSPS) is 10.4. The molecule has 144 valence electrons. The van der Waals surface area contributed by atoms with Crippen molar-refractivity contribution in [1.82, 2.24) is 10.1 Å². The van der Waals surface area contributed by atoms with Crippen LogP contribution in [0.15, 0.2) is 47.0 Å². The van der Waals surface area contributed by atoms with Gasteiger partial charge < -0.3 is 19.9 Å². The van der Waals surface area contributed by atoms with Gasteiger partial charge in [0, 0.05) is 30.8 Å². The third-order valence-corrected chi connectivity index (χ3v) is 3.86. The average molecular weight is 380 g/mol. The van der Waals surface area contributed by atoms with Gasteiger partial charge in [0.1, 0.15) is 5.75 Å².